The van der Waals surface area contributed by atoms with E-state index >= 15 is 0 Å². The summed E-state index contributed by atoms with van der Waals surface area (Å²) in [5, 5.41) is 0. The Labute approximate surface area is 78.4 Å². The average molecular weight is 171 g/mol. The summed E-state index contributed by atoms with van der Waals surface area (Å²) < 4.78 is 0. The largest absolute Gasteiger partial charge is 1.00 e. The van der Waals surface area contributed by atoms with E-state index < -0.39 is 0 Å². The van der Waals surface area contributed by atoms with E-state index in [0.717, 1.165) is 0 Å². The summed E-state index contributed by atoms with van der Waals surface area (Å²) in [4.78, 5) is 0. The topological polar surface area (TPSA) is 0 Å². The third kappa shape index (κ3) is 8.82. The molecular weight excluding hydrogens is 170 g/mol. The van der Waals surface area contributed by atoms with Crippen LogP contribution in [0.5, 0.6) is 0 Å². The fourth-order valence-corrected chi connectivity index (χ4v) is 0. The Bertz CT molecular complexity index is 11.6. The zero-order valence-electron chi connectivity index (χ0n) is 3.23. The van der Waals surface area contributed by atoms with Crippen LogP contribution in [0.4, 0.5) is 0 Å². The monoisotopic (exact) mass is 170 g/mol. The van der Waals surface area contributed by atoms with Crippen molar-refractivity contribution in [1.82, 2.24) is 0 Å². The summed E-state index contributed by atoms with van der Waals surface area (Å²) in [5.74, 6) is 0. The maximum Gasteiger partial charge on any atom is 1.00 e. The summed E-state index contributed by atoms with van der Waals surface area (Å²) in [6, 6.07) is 0. The van der Waals surface area contributed by atoms with Gasteiger partial charge < -0.3 is 1.43 Å². The second-order valence-electron chi connectivity index (χ2n) is 0. The molecule has 4 heavy (non-hydrogen) atoms. The third-order valence-electron chi connectivity index (χ3n) is 0. The van der Waals surface area contributed by atoms with Crippen molar-refractivity contribution in [2.24, 2.45) is 0 Å². The van der Waals surface area contributed by atoms with Crippen LogP contribution >= 0.6 is 0 Å². The quantitative estimate of drug-likeness (QED) is 0.343. The van der Waals surface area contributed by atoms with E-state index in [2.05, 4.69) is 0 Å². The molecule has 4 heteroatoms. The van der Waals surface area contributed by atoms with Gasteiger partial charge in [-0.3, -0.25) is 0 Å². The van der Waals surface area contributed by atoms with Crippen molar-refractivity contribution in [3.8, 4) is 0 Å². The molecule has 24 valence electrons. The van der Waals surface area contributed by atoms with Crippen LogP contribution in [0.1, 0.15) is 1.43 Å². The first-order valence-electron chi connectivity index (χ1n) is 0. The molecule has 0 N–H and O–H groups in total. The number of rotatable bonds is 0. The van der Waals surface area contributed by atoms with E-state index in [4.69, 9.17) is 0 Å². The molecule has 0 aliphatic carbocycles. The van der Waals surface area contributed by atoms with Crippen LogP contribution in [0.2, 0.25) is 0 Å². The molecule has 0 atom stereocenters. The van der Waals surface area contributed by atoms with Gasteiger partial charge in [-0.25, -0.2) is 0 Å². The predicted molar refractivity (Wildman–Crippen MR) is 1.11 cm³/mol. The molecule has 0 rings (SSSR count). The van der Waals surface area contributed by atoms with Crippen LogP contribution in [0.15, 0.2) is 0 Å². The summed E-state index contributed by atoms with van der Waals surface area (Å²) in [6.07, 6.45) is 0. The minimum Gasteiger partial charge on any atom is -1.00 e. The van der Waals surface area contributed by atoms with Crippen molar-refractivity contribution in [3.05, 3.63) is 0 Å². The molecule has 0 fully saturated rings. The van der Waals surface area contributed by atoms with E-state index in [9.17, 15) is 0 Å². The minimum absolute atomic E-state index is 0. The first kappa shape index (κ1) is 31.8. The summed E-state index contributed by atoms with van der Waals surface area (Å²) in [6.45, 7) is 0. The summed E-state index contributed by atoms with van der Waals surface area (Å²) in [7, 11) is 0. The molecule has 0 unspecified atom stereocenters. The molecule has 0 bridgehead atoms. The van der Waals surface area contributed by atoms with Gasteiger partial charge in [0.1, 0.15) is 0 Å². The molecule has 0 aliphatic heterocycles. The van der Waals surface area contributed by atoms with Gasteiger partial charge in [0.05, 0.1) is 0 Å². The molecule has 0 saturated heterocycles. The van der Waals surface area contributed by atoms with Crippen molar-refractivity contribution >= 4 is 0 Å². The maximum absolute atomic E-state index is 0. The Morgan fingerprint density at radius 3 is 1.25 bits per heavy atom. The average Bonchev–Trinajstić information content (AvgIpc) is 0. The van der Waals surface area contributed by atoms with Crippen LogP contribution in [-0.2, 0) is 59.1 Å². The van der Waals surface area contributed by atoms with E-state index in [-0.39, 0.29) is 79.4 Å². The molecule has 0 spiro atoms. The van der Waals surface area contributed by atoms with Crippen molar-refractivity contribution in [3.63, 3.8) is 0 Å². The molecular formula is HCoLiNiSc. The molecule has 0 saturated carbocycles. The number of hydrogen-bond acceptors (Lipinski definition) is 0. The first-order chi connectivity index (χ1) is 0. The third-order valence-corrected chi connectivity index (χ3v) is 0. The number of hydrogen-bond donors (Lipinski definition) is 0. The second kappa shape index (κ2) is 17.9. The Morgan fingerprint density at radius 1 is 1.25 bits per heavy atom. The van der Waals surface area contributed by atoms with Crippen molar-refractivity contribution < 1.29 is 79.4 Å². The van der Waals surface area contributed by atoms with Crippen LogP contribution < -0.4 is 18.9 Å². The van der Waals surface area contributed by atoms with Crippen LogP contribution in [-0.4, -0.2) is 0 Å². The standard InChI is InChI=1S/Co.Li.Ni.Sc.H/q;+1;;;-1. The van der Waals surface area contributed by atoms with Gasteiger partial charge in [0.25, 0.3) is 0 Å². The van der Waals surface area contributed by atoms with E-state index in [1.807, 2.05) is 0 Å². The van der Waals surface area contributed by atoms with Gasteiger partial charge in [-0.05, 0) is 0 Å². The molecule has 0 heterocycles. The molecule has 0 nitrogen and oxygen atoms in total. The van der Waals surface area contributed by atoms with E-state index in [0.29, 0.717) is 0 Å². The fourth-order valence-electron chi connectivity index (χ4n) is 0. The Balaban J connectivity index is 0. The van der Waals surface area contributed by atoms with Gasteiger partial charge in [0.15, 0.2) is 0 Å². The van der Waals surface area contributed by atoms with Crippen LogP contribution in [0.25, 0.3) is 0 Å². The smallest absolute Gasteiger partial charge is 1.00 e. The maximum atomic E-state index is 0. The second-order valence-corrected chi connectivity index (χ2v) is 0. The van der Waals surface area contributed by atoms with Crippen LogP contribution in [0.3, 0.4) is 0 Å². The zero-order chi connectivity index (χ0) is 0. The van der Waals surface area contributed by atoms with E-state index in [1.54, 1.807) is 0 Å². The Morgan fingerprint density at radius 2 is 1.25 bits per heavy atom. The van der Waals surface area contributed by atoms with Gasteiger partial charge >= 0.3 is 18.9 Å². The summed E-state index contributed by atoms with van der Waals surface area (Å²) >= 11 is 0. The fraction of sp³-hybridized carbons (Fsp3) is 0. The van der Waals surface area contributed by atoms with Crippen LogP contribution in [0, 0.1) is 0 Å². The van der Waals surface area contributed by atoms with Gasteiger partial charge in [-0.2, -0.15) is 0 Å². The van der Waals surface area contributed by atoms with Gasteiger partial charge in [-0.15, -0.1) is 0 Å². The van der Waals surface area contributed by atoms with Crippen molar-refractivity contribution in [2.45, 2.75) is 0 Å². The van der Waals surface area contributed by atoms with E-state index in [1.165, 1.54) is 0 Å². The van der Waals surface area contributed by atoms with Gasteiger partial charge in [0.2, 0.25) is 0 Å². The van der Waals surface area contributed by atoms with Gasteiger partial charge in [0, 0.05) is 59.1 Å². The van der Waals surface area contributed by atoms with Crippen molar-refractivity contribution in [1.29, 1.82) is 0 Å². The summed E-state index contributed by atoms with van der Waals surface area (Å²) in [5.41, 5.74) is 0. The normalized spacial score (nSPS) is 0. The molecule has 2 radical (unpaired) electrons. The van der Waals surface area contributed by atoms with Crippen molar-refractivity contribution in [2.75, 3.05) is 0 Å². The minimum atomic E-state index is 0. The van der Waals surface area contributed by atoms with Gasteiger partial charge in [-0.1, -0.05) is 0 Å². The molecule has 0 aromatic carbocycles. The zero-order valence-corrected chi connectivity index (χ0v) is 6.06. The molecule has 0 aromatic rings. The Kier molecular flexibility index (Phi) is 142. The Hall–Kier alpha value is 2.47. The molecule has 0 aromatic heterocycles. The first-order valence-corrected chi connectivity index (χ1v) is 0. The SMILES string of the molecule is [Co].[H-].[Li+].[Ni].[Sc]. The molecule has 0 aliphatic rings. The predicted octanol–water partition coefficient (Wildman–Crippen LogP) is -2.89. The molecule has 0 amide bonds.